The van der Waals surface area contributed by atoms with Gasteiger partial charge in [0.05, 0.1) is 24.9 Å². The van der Waals surface area contributed by atoms with E-state index in [2.05, 4.69) is 15.6 Å². The van der Waals surface area contributed by atoms with Crippen LogP contribution in [0.15, 0.2) is 54.7 Å². The van der Waals surface area contributed by atoms with E-state index in [0.29, 0.717) is 33.6 Å². The number of amides is 1. The molecule has 0 saturated heterocycles. The van der Waals surface area contributed by atoms with Crippen LogP contribution in [0.3, 0.4) is 0 Å². The van der Waals surface area contributed by atoms with Crippen molar-refractivity contribution in [3.8, 4) is 11.5 Å². The Bertz CT molecular complexity index is 1010. The van der Waals surface area contributed by atoms with Crippen molar-refractivity contribution in [2.75, 3.05) is 24.9 Å². The number of carbonyl (C=O) groups is 1. The highest BCUT2D eigenvalue weighted by molar-refractivity contribution is 6.32. The summed E-state index contributed by atoms with van der Waals surface area (Å²) in [6, 6.07) is 14.4. The van der Waals surface area contributed by atoms with E-state index in [1.165, 1.54) is 7.11 Å². The predicted octanol–water partition coefficient (Wildman–Crippen LogP) is 5.06. The van der Waals surface area contributed by atoms with Gasteiger partial charge in [-0.05, 0) is 36.8 Å². The molecule has 0 spiro atoms. The molecule has 0 aliphatic carbocycles. The van der Waals surface area contributed by atoms with Gasteiger partial charge < -0.3 is 20.1 Å². The van der Waals surface area contributed by atoms with Gasteiger partial charge in [-0.2, -0.15) is 0 Å². The van der Waals surface area contributed by atoms with E-state index < -0.39 is 0 Å². The molecule has 6 nitrogen and oxygen atoms in total. The van der Waals surface area contributed by atoms with Crippen molar-refractivity contribution in [3.05, 3.63) is 71.0 Å². The molecule has 0 bridgehead atoms. The maximum atomic E-state index is 12.5. The molecule has 1 heterocycles. The second-order valence-corrected chi connectivity index (χ2v) is 6.47. The summed E-state index contributed by atoms with van der Waals surface area (Å²) in [5.41, 5.74) is 3.39. The molecule has 2 N–H and O–H groups in total. The lowest BCUT2D eigenvalue weighted by atomic mass is 10.2. The number of carbonyl (C=O) groups excluding carboxylic acids is 1. The number of ether oxygens (including phenoxy) is 2. The van der Waals surface area contributed by atoms with Gasteiger partial charge in [0.2, 0.25) is 0 Å². The fourth-order valence-corrected chi connectivity index (χ4v) is 2.89. The fraction of sp³-hybridized carbons (Fsp3) is 0.143. The van der Waals surface area contributed by atoms with Crippen molar-refractivity contribution in [3.63, 3.8) is 0 Å². The number of benzene rings is 2. The summed E-state index contributed by atoms with van der Waals surface area (Å²) in [5, 5.41) is 6.50. The summed E-state index contributed by atoms with van der Waals surface area (Å²) >= 11 is 6.14. The molecule has 0 saturated carbocycles. The summed E-state index contributed by atoms with van der Waals surface area (Å²) in [5.74, 6) is 0.764. The lowest BCUT2D eigenvalue weighted by Gasteiger charge is -2.14. The van der Waals surface area contributed by atoms with Crippen LogP contribution >= 0.6 is 11.6 Å². The first-order valence-corrected chi connectivity index (χ1v) is 8.90. The van der Waals surface area contributed by atoms with Gasteiger partial charge in [0.25, 0.3) is 5.91 Å². The van der Waals surface area contributed by atoms with Gasteiger partial charge in [0.1, 0.15) is 17.2 Å². The SMILES string of the molecule is COc1cc(Nc2ccnc(C(=O)Nc3cccc(C)c3)c2)c(OC)cc1Cl. The molecule has 0 radical (unpaired) electrons. The monoisotopic (exact) mass is 397 g/mol. The maximum Gasteiger partial charge on any atom is 0.274 e. The number of hydrogen-bond donors (Lipinski definition) is 2. The molecule has 3 rings (SSSR count). The third kappa shape index (κ3) is 4.53. The molecule has 0 aliphatic rings. The number of anilines is 3. The van der Waals surface area contributed by atoms with Gasteiger partial charge >= 0.3 is 0 Å². The zero-order valence-corrected chi connectivity index (χ0v) is 16.5. The van der Waals surface area contributed by atoms with E-state index in [-0.39, 0.29) is 11.6 Å². The molecule has 7 heteroatoms. The first-order chi connectivity index (χ1) is 13.5. The van der Waals surface area contributed by atoms with E-state index >= 15 is 0 Å². The van der Waals surface area contributed by atoms with Gasteiger partial charge in [-0.3, -0.25) is 9.78 Å². The van der Waals surface area contributed by atoms with E-state index in [1.54, 1.807) is 37.6 Å². The standard InChI is InChI=1S/C21H20ClN3O3/c1-13-5-4-6-14(9-13)25-21(26)18-10-15(7-8-23-18)24-17-12-19(27-2)16(22)11-20(17)28-3/h4-12H,1-3H3,(H,23,24)(H,25,26). The van der Waals surface area contributed by atoms with Gasteiger partial charge in [-0.25, -0.2) is 0 Å². The largest absolute Gasteiger partial charge is 0.495 e. The predicted molar refractivity (Wildman–Crippen MR) is 111 cm³/mol. The Morgan fingerprint density at radius 1 is 1.00 bits per heavy atom. The number of methoxy groups -OCH3 is 2. The summed E-state index contributed by atoms with van der Waals surface area (Å²) in [6.07, 6.45) is 1.56. The highest BCUT2D eigenvalue weighted by atomic mass is 35.5. The highest BCUT2D eigenvalue weighted by Gasteiger charge is 2.12. The summed E-state index contributed by atoms with van der Waals surface area (Å²) in [7, 11) is 3.09. The number of nitrogens with zero attached hydrogens (tertiary/aromatic N) is 1. The number of aryl methyl sites for hydroxylation is 1. The third-order valence-electron chi connectivity index (χ3n) is 4.02. The molecule has 0 atom stereocenters. The molecule has 3 aromatic rings. The lowest BCUT2D eigenvalue weighted by molar-refractivity contribution is 0.102. The van der Waals surface area contributed by atoms with Crippen molar-refractivity contribution in [1.29, 1.82) is 0 Å². The minimum absolute atomic E-state index is 0.284. The highest BCUT2D eigenvalue weighted by Crippen LogP contribution is 2.37. The number of halogens is 1. The molecule has 1 amide bonds. The second-order valence-electron chi connectivity index (χ2n) is 6.07. The Morgan fingerprint density at radius 3 is 2.50 bits per heavy atom. The third-order valence-corrected chi connectivity index (χ3v) is 4.32. The smallest absolute Gasteiger partial charge is 0.274 e. The molecule has 144 valence electrons. The van der Waals surface area contributed by atoms with Crippen LogP contribution in [0.5, 0.6) is 11.5 Å². The van der Waals surface area contributed by atoms with Crippen LogP contribution in [0.25, 0.3) is 0 Å². The van der Waals surface area contributed by atoms with Gasteiger partial charge in [0.15, 0.2) is 0 Å². The summed E-state index contributed by atoms with van der Waals surface area (Å²) < 4.78 is 10.6. The van der Waals surface area contributed by atoms with Crippen LogP contribution in [0.1, 0.15) is 16.1 Å². The van der Waals surface area contributed by atoms with E-state index in [1.807, 2.05) is 31.2 Å². The van der Waals surface area contributed by atoms with Crippen LogP contribution in [-0.4, -0.2) is 25.1 Å². The summed E-state index contributed by atoms with van der Waals surface area (Å²) in [4.78, 5) is 16.7. The maximum absolute atomic E-state index is 12.5. The Labute approximate surface area is 168 Å². The quantitative estimate of drug-likeness (QED) is 0.608. The number of rotatable bonds is 6. The van der Waals surface area contributed by atoms with Crippen LogP contribution in [0.4, 0.5) is 17.1 Å². The van der Waals surface area contributed by atoms with E-state index in [4.69, 9.17) is 21.1 Å². The van der Waals surface area contributed by atoms with Crippen LogP contribution in [-0.2, 0) is 0 Å². The first-order valence-electron chi connectivity index (χ1n) is 8.53. The lowest BCUT2D eigenvalue weighted by Crippen LogP contribution is -2.13. The number of hydrogen-bond acceptors (Lipinski definition) is 5. The minimum Gasteiger partial charge on any atom is -0.495 e. The first kappa shape index (κ1) is 19.5. The average Bonchev–Trinajstić information content (AvgIpc) is 2.69. The number of aromatic nitrogens is 1. The van der Waals surface area contributed by atoms with E-state index in [9.17, 15) is 4.79 Å². The van der Waals surface area contributed by atoms with E-state index in [0.717, 1.165) is 5.56 Å². The Morgan fingerprint density at radius 2 is 1.79 bits per heavy atom. The zero-order chi connectivity index (χ0) is 20.1. The zero-order valence-electron chi connectivity index (χ0n) is 15.7. The second kappa shape index (κ2) is 8.63. The van der Waals surface area contributed by atoms with Crippen molar-refractivity contribution in [1.82, 2.24) is 4.98 Å². The normalized spacial score (nSPS) is 10.3. The minimum atomic E-state index is -0.296. The van der Waals surface area contributed by atoms with Gasteiger partial charge in [-0.15, -0.1) is 0 Å². The Balaban J connectivity index is 1.83. The van der Waals surface area contributed by atoms with Crippen LogP contribution in [0, 0.1) is 6.92 Å². The van der Waals surface area contributed by atoms with Crippen LogP contribution < -0.4 is 20.1 Å². The van der Waals surface area contributed by atoms with Crippen molar-refractivity contribution >= 4 is 34.6 Å². The molecule has 0 aliphatic heterocycles. The molecular formula is C21H20ClN3O3. The molecule has 2 aromatic carbocycles. The fourth-order valence-electron chi connectivity index (χ4n) is 2.66. The topological polar surface area (TPSA) is 72.5 Å². The average molecular weight is 398 g/mol. The van der Waals surface area contributed by atoms with Gasteiger partial charge in [-0.1, -0.05) is 23.7 Å². The van der Waals surface area contributed by atoms with Crippen molar-refractivity contribution in [2.24, 2.45) is 0 Å². The molecule has 28 heavy (non-hydrogen) atoms. The molecule has 1 aromatic heterocycles. The van der Waals surface area contributed by atoms with Gasteiger partial charge in [0, 0.05) is 29.7 Å². The summed E-state index contributed by atoms with van der Waals surface area (Å²) in [6.45, 7) is 1.96. The van der Waals surface area contributed by atoms with Crippen molar-refractivity contribution < 1.29 is 14.3 Å². The molecule has 0 fully saturated rings. The molecular weight excluding hydrogens is 378 g/mol. The number of pyridine rings is 1. The Hall–Kier alpha value is -3.25. The Kier molecular flexibility index (Phi) is 6.01. The van der Waals surface area contributed by atoms with Crippen LogP contribution in [0.2, 0.25) is 5.02 Å². The molecule has 0 unspecified atom stereocenters. The number of nitrogens with one attached hydrogen (secondary N) is 2. The van der Waals surface area contributed by atoms with Crippen molar-refractivity contribution in [2.45, 2.75) is 6.92 Å².